The Labute approximate surface area is 115 Å². The summed E-state index contributed by atoms with van der Waals surface area (Å²) in [6, 6.07) is 6.86. The molecule has 0 amide bonds. The number of hydrogen-bond donors (Lipinski definition) is 1. The molecular formula is C12H12ClNO2S2. The van der Waals surface area contributed by atoms with Crippen molar-refractivity contribution in [2.24, 2.45) is 0 Å². The third-order valence-electron chi connectivity index (χ3n) is 2.53. The van der Waals surface area contributed by atoms with Crippen LogP contribution in [0.4, 0.5) is 5.00 Å². The average molecular weight is 302 g/mol. The molecule has 2 aromatic rings. The van der Waals surface area contributed by atoms with Crippen LogP contribution in [0.2, 0.25) is 5.02 Å². The first-order valence-electron chi connectivity index (χ1n) is 5.15. The number of hydrogen-bond acceptors (Lipinski definition) is 4. The highest BCUT2D eigenvalue weighted by Crippen LogP contribution is 2.36. The van der Waals surface area contributed by atoms with Crippen LogP contribution in [0.1, 0.15) is 5.56 Å². The molecule has 6 heteroatoms. The van der Waals surface area contributed by atoms with Crippen LogP contribution in [0, 0.1) is 6.92 Å². The monoisotopic (exact) mass is 301 g/mol. The fraction of sp³-hybridized carbons (Fsp3) is 0.167. The van der Waals surface area contributed by atoms with E-state index in [1.54, 1.807) is 18.2 Å². The van der Waals surface area contributed by atoms with Crippen LogP contribution in [0.5, 0.6) is 0 Å². The third kappa shape index (κ3) is 2.53. The number of nitrogens with two attached hydrogens (primary N) is 1. The fourth-order valence-corrected chi connectivity index (χ4v) is 3.96. The molecule has 18 heavy (non-hydrogen) atoms. The second-order valence-corrected chi connectivity index (χ2v) is 7.55. The first-order valence-corrected chi connectivity index (χ1v) is 8.23. The van der Waals surface area contributed by atoms with Gasteiger partial charge in [0.25, 0.3) is 0 Å². The van der Waals surface area contributed by atoms with E-state index in [9.17, 15) is 8.42 Å². The molecule has 0 spiro atoms. The van der Waals surface area contributed by atoms with Crippen molar-refractivity contribution in [2.75, 3.05) is 12.0 Å². The SMILES string of the molecule is Cc1cc(N)sc1-c1ccc(Cl)c(S(C)(=O)=O)c1. The lowest BCUT2D eigenvalue weighted by Crippen LogP contribution is -1.98. The molecule has 0 unspecified atom stereocenters. The van der Waals surface area contributed by atoms with Gasteiger partial charge in [0.15, 0.2) is 9.84 Å². The normalized spacial score (nSPS) is 11.7. The van der Waals surface area contributed by atoms with Crippen molar-refractivity contribution in [1.82, 2.24) is 0 Å². The highest BCUT2D eigenvalue weighted by atomic mass is 35.5. The van der Waals surface area contributed by atoms with Gasteiger partial charge in [0, 0.05) is 11.1 Å². The molecule has 1 heterocycles. The molecule has 0 aliphatic heterocycles. The summed E-state index contributed by atoms with van der Waals surface area (Å²) in [6.45, 7) is 1.94. The number of sulfone groups is 1. The summed E-state index contributed by atoms with van der Waals surface area (Å²) in [5.74, 6) is 0. The van der Waals surface area contributed by atoms with Gasteiger partial charge in [-0.05, 0) is 36.2 Å². The molecule has 0 saturated heterocycles. The first kappa shape index (κ1) is 13.4. The van der Waals surface area contributed by atoms with Gasteiger partial charge in [-0.3, -0.25) is 0 Å². The van der Waals surface area contributed by atoms with Gasteiger partial charge < -0.3 is 5.73 Å². The second-order valence-electron chi connectivity index (χ2n) is 4.08. The lowest BCUT2D eigenvalue weighted by atomic mass is 10.1. The van der Waals surface area contributed by atoms with Crippen molar-refractivity contribution < 1.29 is 8.42 Å². The van der Waals surface area contributed by atoms with Crippen LogP contribution in [0.3, 0.4) is 0 Å². The predicted molar refractivity (Wildman–Crippen MR) is 77.0 cm³/mol. The zero-order valence-corrected chi connectivity index (χ0v) is 12.3. The summed E-state index contributed by atoms with van der Waals surface area (Å²) in [5.41, 5.74) is 7.59. The van der Waals surface area contributed by atoms with Crippen LogP contribution < -0.4 is 5.73 Å². The Morgan fingerprint density at radius 1 is 1.28 bits per heavy atom. The maximum atomic E-state index is 11.6. The van der Waals surface area contributed by atoms with Crippen molar-refractivity contribution in [3.8, 4) is 10.4 Å². The van der Waals surface area contributed by atoms with E-state index < -0.39 is 9.84 Å². The van der Waals surface area contributed by atoms with Crippen molar-refractivity contribution in [2.45, 2.75) is 11.8 Å². The smallest absolute Gasteiger partial charge is 0.177 e. The number of rotatable bonds is 2. The number of halogens is 1. The molecule has 2 N–H and O–H groups in total. The quantitative estimate of drug-likeness (QED) is 0.925. The number of anilines is 1. The lowest BCUT2D eigenvalue weighted by molar-refractivity contribution is 0.602. The Kier molecular flexibility index (Phi) is 3.40. The average Bonchev–Trinajstić information content (AvgIpc) is 2.57. The van der Waals surface area contributed by atoms with Gasteiger partial charge >= 0.3 is 0 Å². The third-order valence-corrected chi connectivity index (χ3v) is 5.22. The number of nitrogen functional groups attached to an aromatic ring is 1. The lowest BCUT2D eigenvalue weighted by Gasteiger charge is -2.05. The van der Waals surface area contributed by atoms with Gasteiger partial charge in [-0.15, -0.1) is 11.3 Å². The second kappa shape index (κ2) is 4.57. The van der Waals surface area contributed by atoms with E-state index in [0.29, 0.717) is 5.00 Å². The van der Waals surface area contributed by atoms with Gasteiger partial charge in [0.1, 0.15) is 0 Å². The van der Waals surface area contributed by atoms with Crippen molar-refractivity contribution in [3.63, 3.8) is 0 Å². The van der Waals surface area contributed by atoms with Crippen molar-refractivity contribution in [3.05, 3.63) is 34.9 Å². The Hall–Kier alpha value is -1.04. The minimum atomic E-state index is -3.33. The Morgan fingerprint density at radius 3 is 2.44 bits per heavy atom. The zero-order chi connectivity index (χ0) is 13.5. The van der Waals surface area contributed by atoms with Crippen LogP contribution >= 0.6 is 22.9 Å². The molecule has 0 aliphatic rings. The molecule has 2 rings (SSSR count). The number of aryl methyl sites for hydroxylation is 1. The fourth-order valence-electron chi connectivity index (χ4n) is 1.72. The first-order chi connectivity index (χ1) is 8.29. The zero-order valence-electron chi connectivity index (χ0n) is 9.90. The summed E-state index contributed by atoms with van der Waals surface area (Å²) in [7, 11) is -3.33. The topological polar surface area (TPSA) is 60.2 Å². The van der Waals surface area contributed by atoms with Gasteiger partial charge in [-0.2, -0.15) is 0 Å². The minimum Gasteiger partial charge on any atom is -0.391 e. The van der Waals surface area contributed by atoms with Crippen LogP contribution in [0.25, 0.3) is 10.4 Å². The Bertz CT molecular complexity index is 705. The summed E-state index contributed by atoms with van der Waals surface area (Å²) >= 11 is 7.35. The maximum Gasteiger partial charge on any atom is 0.177 e. The van der Waals surface area contributed by atoms with Gasteiger partial charge in [0.05, 0.1) is 14.9 Å². The molecule has 0 fully saturated rings. The molecule has 1 aromatic heterocycles. The standard InChI is InChI=1S/C12H12ClNO2S2/c1-7-5-11(14)17-12(7)8-3-4-9(13)10(6-8)18(2,15)16/h3-6H,14H2,1-2H3. The minimum absolute atomic E-state index is 0.146. The van der Waals surface area contributed by atoms with Crippen LogP contribution in [-0.2, 0) is 9.84 Å². The Morgan fingerprint density at radius 2 is 1.94 bits per heavy atom. The van der Waals surface area contributed by atoms with E-state index in [1.807, 2.05) is 13.0 Å². The van der Waals surface area contributed by atoms with Crippen molar-refractivity contribution >= 4 is 37.8 Å². The largest absolute Gasteiger partial charge is 0.391 e. The van der Waals surface area contributed by atoms with E-state index in [4.69, 9.17) is 17.3 Å². The van der Waals surface area contributed by atoms with Crippen LogP contribution in [0.15, 0.2) is 29.2 Å². The van der Waals surface area contributed by atoms with Crippen molar-refractivity contribution in [1.29, 1.82) is 0 Å². The molecule has 0 aliphatic carbocycles. The summed E-state index contributed by atoms with van der Waals surface area (Å²) < 4.78 is 23.2. The Balaban J connectivity index is 2.65. The molecule has 0 radical (unpaired) electrons. The maximum absolute atomic E-state index is 11.6. The molecule has 96 valence electrons. The number of thiophene rings is 1. The molecular weight excluding hydrogens is 290 g/mol. The number of benzene rings is 1. The van der Waals surface area contributed by atoms with E-state index in [-0.39, 0.29) is 9.92 Å². The molecule has 0 atom stereocenters. The van der Waals surface area contributed by atoms with E-state index in [0.717, 1.165) is 22.3 Å². The van der Waals surface area contributed by atoms with Gasteiger partial charge in [-0.25, -0.2) is 8.42 Å². The molecule has 1 aromatic carbocycles. The summed E-state index contributed by atoms with van der Waals surface area (Å²) in [5, 5.41) is 0.946. The van der Waals surface area contributed by atoms with E-state index in [1.165, 1.54) is 11.3 Å². The predicted octanol–water partition coefficient (Wildman–Crippen LogP) is 3.36. The molecule has 3 nitrogen and oxygen atoms in total. The van der Waals surface area contributed by atoms with Gasteiger partial charge in [-0.1, -0.05) is 17.7 Å². The summed E-state index contributed by atoms with van der Waals surface area (Å²) in [4.78, 5) is 1.11. The highest BCUT2D eigenvalue weighted by Gasteiger charge is 2.15. The van der Waals surface area contributed by atoms with Gasteiger partial charge in [0.2, 0.25) is 0 Å². The van der Waals surface area contributed by atoms with E-state index >= 15 is 0 Å². The van der Waals surface area contributed by atoms with E-state index in [2.05, 4.69) is 0 Å². The molecule has 0 saturated carbocycles. The highest BCUT2D eigenvalue weighted by molar-refractivity contribution is 7.90. The summed E-state index contributed by atoms with van der Waals surface area (Å²) in [6.07, 6.45) is 1.15. The molecule has 0 bridgehead atoms. The van der Waals surface area contributed by atoms with Crippen LogP contribution in [-0.4, -0.2) is 14.7 Å².